The summed E-state index contributed by atoms with van der Waals surface area (Å²) in [6, 6.07) is 10.1. The van der Waals surface area contributed by atoms with E-state index in [1.54, 1.807) is 36.4 Å². The lowest BCUT2D eigenvalue weighted by Gasteiger charge is -2.07. The zero-order chi connectivity index (χ0) is 14.0. The molecule has 1 atom stereocenters. The second-order valence-corrected chi connectivity index (χ2v) is 6.59. The van der Waals surface area contributed by atoms with Crippen molar-refractivity contribution in [1.29, 1.82) is 0 Å². The van der Waals surface area contributed by atoms with E-state index in [1.807, 2.05) is 0 Å². The number of hydrogen-bond donors (Lipinski definition) is 1. The van der Waals surface area contributed by atoms with E-state index in [4.69, 9.17) is 40.5 Å². The Hall–Kier alpha value is -0.740. The van der Waals surface area contributed by atoms with Gasteiger partial charge in [-0.1, -0.05) is 40.9 Å². The molecule has 0 aliphatic heterocycles. The third-order valence-electron chi connectivity index (χ3n) is 2.50. The average molecular weight is 335 g/mol. The number of nitrogen functional groups attached to an aromatic ring is 1. The molecule has 1 unspecified atom stereocenters. The minimum atomic E-state index is -1.25. The third-order valence-corrected chi connectivity index (χ3v) is 4.93. The van der Waals surface area contributed by atoms with Crippen LogP contribution < -0.4 is 5.73 Å². The summed E-state index contributed by atoms with van der Waals surface area (Å²) in [4.78, 5) is 0.565. The highest BCUT2D eigenvalue weighted by Gasteiger charge is 2.10. The molecule has 0 heterocycles. The van der Waals surface area contributed by atoms with Crippen LogP contribution >= 0.6 is 34.8 Å². The van der Waals surface area contributed by atoms with Crippen LogP contribution in [0.5, 0.6) is 0 Å². The lowest BCUT2D eigenvalue weighted by molar-refractivity contribution is 0.683. The van der Waals surface area contributed by atoms with E-state index in [-0.39, 0.29) is 0 Å². The van der Waals surface area contributed by atoms with E-state index < -0.39 is 10.8 Å². The van der Waals surface area contributed by atoms with Gasteiger partial charge in [0, 0.05) is 10.7 Å². The first-order chi connectivity index (χ1) is 8.97. The molecule has 2 rings (SSSR count). The quantitative estimate of drug-likeness (QED) is 0.838. The maximum absolute atomic E-state index is 12.3. The predicted octanol–water partition coefficient (Wildman–Crippen LogP) is 4.54. The van der Waals surface area contributed by atoms with Crippen molar-refractivity contribution in [1.82, 2.24) is 0 Å². The summed E-state index contributed by atoms with van der Waals surface area (Å²) in [5.41, 5.74) is 7.06. The van der Waals surface area contributed by atoms with Gasteiger partial charge in [-0.3, -0.25) is 4.21 Å². The number of halogens is 3. The number of rotatable bonds is 3. The maximum Gasteiger partial charge on any atom is 0.0621 e. The van der Waals surface area contributed by atoms with Gasteiger partial charge in [-0.05, 0) is 35.9 Å². The number of nitrogens with two attached hydrogens (primary N) is 1. The molecule has 0 saturated carbocycles. The molecule has 19 heavy (non-hydrogen) atoms. The Balaban J connectivity index is 2.23. The fourth-order valence-corrected chi connectivity index (χ4v) is 3.27. The van der Waals surface area contributed by atoms with Crippen LogP contribution in [0.25, 0.3) is 0 Å². The van der Waals surface area contributed by atoms with Gasteiger partial charge in [0.05, 0.1) is 31.5 Å². The van der Waals surface area contributed by atoms with E-state index in [2.05, 4.69) is 0 Å². The first-order valence-corrected chi connectivity index (χ1v) is 7.80. The molecule has 2 aromatic rings. The van der Waals surface area contributed by atoms with Gasteiger partial charge in [0.25, 0.3) is 0 Å². The summed E-state index contributed by atoms with van der Waals surface area (Å²) < 4.78 is 12.3. The second kappa shape index (κ2) is 6.14. The highest BCUT2D eigenvalue weighted by Crippen LogP contribution is 2.26. The molecule has 0 saturated heterocycles. The van der Waals surface area contributed by atoms with E-state index >= 15 is 0 Å². The summed E-state index contributed by atoms with van der Waals surface area (Å²) in [6.45, 7) is 0. The zero-order valence-electron chi connectivity index (χ0n) is 9.70. The molecule has 0 bridgehead atoms. The second-order valence-electron chi connectivity index (χ2n) is 3.92. The summed E-state index contributed by atoms with van der Waals surface area (Å²) in [6.07, 6.45) is 0. The number of hydrogen-bond acceptors (Lipinski definition) is 2. The smallest absolute Gasteiger partial charge is 0.0621 e. The molecular formula is C13H10Cl3NOS. The van der Waals surface area contributed by atoms with E-state index in [1.165, 1.54) is 0 Å². The average Bonchev–Trinajstić information content (AvgIpc) is 2.33. The minimum absolute atomic E-state index is 0.322. The van der Waals surface area contributed by atoms with Crippen molar-refractivity contribution >= 4 is 51.3 Å². The largest absolute Gasteiger partial charge is 0.398 e. The van der Waals surface area contributed by atoms with Crippen LogP contribution in [0.2, 0.25) is 15.1 Å². The van der Waals surface area contributed by atoms with Crippen molar-refractivity contribution in [2.75, 3.05) is 5.73 Å². The molecular weight excluding hydrogens is 325 g/mol. The van der Waals surface area contributed by atoms with Crippen molar-refractivity contribution in [2.45, 2.75) is 10.6 Å². The molecule has 6 heteroatoms. The summed E-state index contributed by atoms with van der Waals surface area (Å²) >= 11 is 17.6. The van der Waals surface area contributed by atoms with Crippen LogP contribution in [0.1, 0.15) is 5.56 Å². The molecule has 0 amide bonds. The number of benzene rings is 2. The normalized spacial score (nSPS) is 12.4. The molecule has 2 aromatic carbocycles. The van der Waals surface area contributed by atoms with E-state index in [9.17, 15) is 4.21 Å². The first kappa shape index (κ1) is 14.7. The standard InChI is InChI=1S/C13H10Cl3NOS/c14-9-2-4-13(12(17)6-9)19(18)7-8-1-3-10(15)11(16)5-8/h1-6H,7,17H2. The summed E-state index contributed by atoms with van der Waals surface area (Å²) in [7, 11) is -1.25. The SMILES string of the molecule is Nc1cc(Cl)ccc1S(=O)Cc1ccc(Cl)c(Cl)c1. The van der Waals surface area contributed by atoms with Gasteiger partial charge in [0.15, 0.2) is 0 Å². The molecule has 100 valence electrons. The fraction of sp³-hybridized carbons (Fsp3) is 0.0769. The molecule has 0 fully saturated rings. The van der Waals surface area contributed by atoms with Gasteiger partial charge >= 0.3 is 0 Å². The molecule has 2 nitrogen and oxygen atoms in total. The summed E-state index contributed by atoms with van der Waals surface area (Å²) in [5.74, 6) is 0.322. The Kier molecular flexibility index (Phi) is 4.74. The van der Waals surface area contributed by atoms with Crippen LogP contribution in [-0.4, -0.2) is 4.21 Å². The minimum Gasteiger partial charge on any atom is -0.398 e. The van der Waals surface area contributed by atoms with Crippen LogP contribution in [0.3, 0.4) is 0 Å². The predicted molar refractivity (Wildman–Crippen MR) is 82.4 cm³/mol. The molecule has 0 radical (unpaired) electrons. The highest BCUT2D eigenvalue weighted by atomic mass is 35.5. The number of anilines is 1. The Morgan fingerprint density at radius 1 is 1.00 bits per heavy atom. The Bertz CT molecular complexity index is 646. The highest BCUT2D eigenvalue weighted by molar-refractivity contribution is 7.84. The first-order valence-electron chi connectivity index (χ1n) is 5.34. The molecule has 0 aliphatic carbocycles. The molecule has 0 aliphatic rings. The van der Waals surface area contributed by atoms with Crippen molar-refractivity contribution in [3.05, 3.63) is 57.0 Å². The van der Waals surface area contributed by atoms with Gasteiger partial charge in [-0.25, -0.2) is 0 Å². The monoisotopic (exact) mass is 333 g/mol. The lowest BCUT2D eigenvalue weighted by Crippen LogP contribution is -2.01. The zero-order valence-corrected chi connectivity index (χ0v) is 12.8. The maximum atomic E-state index is 12.3. The molecule has 0 aromatic heterocycles. The van der Waals surface area contributed by atoms with Crippen molar-refractivity contribution in [3.8, 4) is 0 Å². The van der Waals surface area contributed by atoms with Gasteiger partial charge in [-0.15, -0.1) is 0 Å². The van der Waals surface area contributed by atoms with Gasteiger partial charge < -0.3 is 5.73 Å². The van der Waals surface area contributed by atoms with Gasteiger partial charge in [0.1, 0.15) is 0 Å². The Labute approximate surface area is 128 Å². The lowest BCUT2D eigenvalue weighted by atomic mass is 10.2. The fourth-order valence-electron chi connectivity index (χ4n) is 1.59. The van der Waals surface area contributed by atoms with Crippen LogP contribution in [-0.2, 0) is 16.6 Å². The van der Waals surface area contributed by atoms with Crippen LogP contribution in [0.15, 0.2) is 41.3 Å². The van der Waals surface area contributed by atoms with Crippen LogP contribution in [0.4, 0.5) is 5.69 Å². The van der Waals surface area contributed by atoms with E-state index in [0.717, 1.165) is 5.56 Å². The Morgan fingerprint density at radius 3 is 2.37 bits per heavy atom. The van der Waals surface area contributed by atoms with Crippen molar-refractivity contribution in [3.63, 3.8) is 0 Å². The van der Waals surface area contributed by atoms with Gasteiger partial charge in [-0.2, -0.15) is 0 Å². The topological polar surface area (TPSA) is 43.1 Å². The molecule has 0 spiro atoms. The Morgan fingerprint density at radius 2 is 1.74 bits per heavy atom. The van der Waals surface area contributed by atoms with Gasteiger partial charge in [0.2, 0.25) is 0 Å². The van der Waals surface area contributed by atoms with Crippen molar-refractivity contribution in [2.24, 2.45) is 0 Å². The van der Waals surface area contributed by atoms with Crippen molar-refractivity contribution < 1.29 is 4.21 Å². The summed E-state index contributed by atoms with van der Waals surface area (Å²) in [5, 5.41) is 1.44. The van der Waals surface area contributed by atoms with Crippen LogP contribution in [0, 0.1) is 0 Å². The third kappa shape index (κ3) is 3.63. The molecule has 2 N–H and O–H groups in total. The van der Waals surface area contributed by atoms with E-state index in [0.29, 0.717) is 31.4 Å².